The van der Waals surface area contributed by atoms with Crippen molar-refractivity contribution in [3.63, 3.8) is 0 Å². The highest BCUT2D eigenvalue weighted by atomic mass is 79.9. The average Bonchev–Trinajstić information content (AvgIpc) is 2.31. The van der Waals surface area contributed by atoms with Crippen LogP contribution in [0.2, 0.25) is 0 Å². The van der Waals surface area contributed by atoms with Crippen LogP contribution in [0.15, 0.2) is 27.1 Å². The van der Waals surface area contributed by atoms with Crippen LogP contribution in [-0.4, -0.2) is 23.7 Å². The first-order valence-electron chi connectivity index (χ1n) is 5.77. The van der Waals surface area contributed by atoms with E-state index in [9.17, 15) is 26.7 Å². The summed E-state index contributed by atoms with van der Waals surface area (Å²) in [6.07, 6.45) is -5.34. The van der Waals surface area contributed by atoms with Gasteiger partial charge in [0.05, 0.1) is 5.69 Å². The summed E-state index contributed by atoms with van der Waals surface area (Å²) in [4.78, 5) is 11.7. The zero-order valence-electron chi connectivity index (χ0n) is 11.3. The van der Waals surface area contributed by atoms with Crippen molar-refractivity contribution in [2.45, 2.75) is 31.5 Å². The molecular formula is C12H11Br2F5N2O. The molecule has 0 heterocycles. The number of carbonyl (C=O) groups is 1. The van der Waals surface area contributed by atoms with E-state index >= 15 is 0 Å². The van der Waals surface area contributed by atoms with Crippen molar-refractivity contribution in [3.05, 3.63) is 27.1 Å². The number of alkyl halides is 5. The third-order valence-electron chi connectivity index (χ3n) is 3.01. The molecule has 1 unspecified atom stereocenters. The highest BCUT2D eigenvalue weighted by molar-refractivity contribution is 9.11. The number of urea groups is 1. The standard InChI is InChI=1S/C12H11Br2F5N2O/c1-10(11(2,15)16,12(17,18)19)21-9(22)20-8-6(13)4-3-5-7(8)14/h3-5H,1-2H3,(H2,20,21,22). The summed E-state index contributed by atoms with van der Waals surface area (Å²) in [5, 5.41) is 3.41. The van der Waals surface area contributed by atoms with Gasteiger partial charge in [-0.05, 0) is 50.9 Å². The van der Waals surface area contributed by atoms with Gasteiger partial charge in [-0.2, -0.15) is 13.2 Å². The molecule has 1 aromatic rings. The van der Waals surface area contributed by atoms with Crippen molar-refractivity contribution < 1.29 is 26.7 Å². The Labute approximate surface area is 139 Å². The van der Waals surface area contributed by atoms with Crippen molar-refractivity contribution >= 4 is 43.6 Å². The normalized spacial score (nSPS) is 15.1. The molecule has 1 aromatic carbocycles. The summed E-state index contributed by atoms with van der Waals surface area (Å²) in [6, 6.07) is 3.25. The van der Waals surface area contributed by atoms with Gasteiger partial charge in [0, 0.05) is 15.9 Å². The van der Waals surface area contributed by atoms with E-state index in [1.807, 2.05) is 0 Å². The van der Waals surface area contributed by atoms with E-state index in [2.05, 4.69) is 37.2 Å². The van der Waals surface area contributed by atoms with Gasteiger partial charge in [-0.15, -0.1) is 0 Å². The molecule has 1 atom stereocenters. The lowest BCUT2D eigenvalue weighted by molar-refractivity contribution is -0.249. The molecule has 2 N–H and O–H groups in total. The van der Waals surface area contributed by atoms with Crippen molar-refractivity contribution in [2.24, 2.45) is 0 Å². The van der Waals surface area contributed by atoms with Gasteiger partial charge >= 0.3 is 12.2 Å². The third kappa shape index (κ3) is 3.89. The molecule has 0 aliphatic rings. The molecule has 22 heavy (non-hydrogen) atoms. The number of halogens is 7. The van der Waals surface area contributed by atoms with E-state index in [1.54, 1.807) is 6.07 Å². The first-order valence-corrected chi connectivity index (χ1v) is 7.36. The molecule has 0 fully saturated rings. The number of rotatable bonds is 3. The predicted octanol–water partition coefficient (Wildman–Crippen LogP) is 5.31. The SMILES string of the molecule is CC(F)(F)C(C)(NC(=O)Nc1c(Br)cccc1Br)C(F)(F)F. The number of nitrogens with one attached hydrogen (secondary N) is 2. The highest BCUT2D eigenvalue weighted by Crippen LogP contribution is 2.41. The number of benzene rings is 1. The topological polar surface area (TPSA) is 41.1 Å². The number of para-hydroxylation sites is 1. The minimum Gasteiger partial charge on any atom is -0.319 e. The fraction of sp³-hybridized carbons (Fsp3) is 0.417. The van der Waals surface area contributed by atoms with Crippen LogP contribution in [0.25, 0.3) is 0 Å². The van der Waals surface area contributed by atoms with Crippen LogP contribution in [0.1, 0.15) is 13.8 Å². The molecule has 0 aliphatic heterocycles. The summed E-state index contributed by atoms with van der Waals surface area (Å²) < 4.78 is 66.2. The molecule has 0 saturated carbocycles. The van der Waals surface area contributed by atoms with Gasteiger partial charge in [0.2, 0.25) is 0 Å². The number of amides is 2. The number of anilines is 1. The Kier molecular flexibility index (Phi) is 5.49. The summed E-state index contributed by atoms with van der Waals surface area (Å²) in [7, 11) is 0. The number of carbonyl (C=O) groups excluding carboxylic acids is 1. The van der Waals surface area contributed by atoms with Gasteiger partial charge in [-0.3, -0.25) is 0 Å². The Morgan fingerprint density at radius 2 is 1.50 bits per heavy atom. The van der Waals surface area contributed by atoms with Crippen molar-refractivity contribution in [3.8, 4) is 0 Å². The molecule has 2 amide bonds. The van der Waals surface area contributed by atoms with Gasteiger partial charge in [0.1, 0.15) is 0 Å². The van der Waals surface area contributed by atoms with Crippen LogP contribution in [0.5, 0.6) is 0 Å². The zero-order valence-corrected chi connectivity index (χ0v) is 14.5. The minimum absolute atomic E-state index is 0.0924. The quantitative estimate of drug-likeness (QED) is 0.598. The van der Waals surface area contributed by atoms with Crippen molar-refractivity contribution in [2.75, 3.05) is 5.32 Å². The summed E-state index contributed by atoms with van der Waals surface area (Å²) >= 11 is 6.18. The first kappa shape index (κ1) is 19.1. The van der Waals surface area contributed by atoms with Crippen molar-refractivity contribution in [1.82, 2.24) is 5.32 Å². The van der Waals surface area contributed by atoms with E-state index in [0.29, 0.717) is 8.95 Å². The average molecular weight is 454 g/mol. The Morgan fingerprint density at radius 1 is 1.05 bits per heavy atom. The van der Waals surface area contributed by atoms with Crippen LogP contribution in [-0.2, 0) is 0 Å². The molecule has 0 aromatic heterocycles. The number of hydrogen-bond acceptors (Lipinski definition) is 1. The third-order valence-corrected chi connectivity index (χ3v) is 4.33. The maximum atomic E-state index is 13.3. The Hall–Kier alpha value is -0.900. The second-order valence-corrected chi connectivity index (χ2v) is 6.40. The molecule has 0 aliphatic carbocycles. The lowest BCUT2D eigenvalue weighted by atomic mass is 9.94. The van der Waals surface area contributed by atoms with E-state index in [4.69, 9.17) is 0 Å². The molecule has 1 rings (SSSR count). The van der Waals surface area contributed by atoms with Crippen molar-refractivity contribution in [1.29, 1.82) is 0 Å². The molecule has 0 saturated heterocycles. The molecule has 0 spiro atoms. The summed E-state index contributed by atoms with van der Waals surface area (Å²) in [6.45, 7) is 0.316. The summed E-state index contributed by atoms with van der Waals surface area (Å²) in [5.41, 5.74) is -3.60. The van der Waals surface area contributed by atoms with Gasteiger partial charge in [0.25, 0.3) is 5.92 Å². The molecule has 0 radical (unpaired) electrons. The largest absolute Gasteiger partial charge is 0.417 e. The van der Waals surface area contributed by atoms with E-state index < -0.39 is 23.7 Å². The Morgan fingerprint density at radius 3 is 1.86 bits per heavy atom. The molecule has 10 heteroatoms. The van der Waals surface area contributed by atoms with E-state index in [1.165, 1.54) is 17.4 Å². The molecule has 124 valence electrons. The van der Waals surface area contributed by atoms with Crippen LogP contribution >= 0.6 is 31.9 Å². The molecule has 3 nitrogen and oxygen atoms in total. The van der Waals surface area contributed by atoms with Gasteiger partial charge < -0.3 is 10.6 Å². The lowest BCUT2D eigenvalue weighted by Crippen LogP contribution is -2.66. The van der Waals surface area contributed by atoms with Gasteiger partial charge in [0.15, 0.2) is 5.54 Å². The van der Waals surface area contributed by atoms with Crippen LogP contribution < -0.4 is 10.6 Å². The second kappa shape index (κ2) is 6.31. The van der Waals surface area contributed by atoms with E-state index in [0.717, 1.165) is 0 Å². The number of hydrogen-bond donors (Lipinski definition) is 2. The molecule has 0 bridgehead atoms. The van der Waals surface area contributed by atoms with Crippen LogP contribution in [0.3, 0.4) is 0 Å². The zero-order chi connectivity index (χ0) is 17.3. The predicted molar refractivity (Wildman–Crippen MR) is 79.1 cm³/mol. The molecular weight excluding hydrogens is 443 g/mol. The lowest BCUT2D eigenvalue weighted by Gasteiger charge is -2.37. The monoisotopic (exact) mass is 452 g/mol. The van der Waals surface area contributed by atoms with Crippen LogP contribution in [0.4, 0.5) is 32.4 Å². The maximum absolute atomic E-state index is 13.3. The maximum Gasteiger partial charge on any atom is 0.417 e. The highest BCUT2D eigenvalue weighted by Gasteiger charge is 2.65. The first-order chi connectivity index (χ1) is 9.79. The van der Waals surface area contributed by atoms with Crippen LogP contribution in [0, 0.1) is 0 Å². The van der Waals surface area contributed by atoms with E-state index in [-0.39, 0.29) is 19.5 Å². The van der Waals surface area contributed by atoms with Gasteiger partial charge in [-0.1, -0.05) is 6.07 Å². The summed E-state index contributed by atoms with van der Waals surface area (Å²) in [5.74, 6) is -4.21. The van der Waals surface area contributed by atoms with Gasteiger partial charge in [-0.25, -0.2) is 13.6 Å². The Bertz CT molecular complexity index is 537. The fourth-order valence-corrected chi connectivity index (χ4v) is 2.62. The Balaban J connectivity index is 3.04. The smallest absolute Gasteiger partial charge is 0.319 e. The second-order valence-electron chi connectivity index (χ2n) is 4.69. The fourth-order valence-electron chi connectivity index (χ4n) is 1.42. The minimum atomic E-state index is -5.34.